The molecular weight excluding hydrogens is 338 g/mol. The van der Waals surface area contributed by atoms with Crippen LogP contribution in [0.5, 0.6) is 0 Å². The van der Waals surface area contributed by atoms with Gasteiger partial charge in [0.2, 0.25) is 0 Å². The molecule has 0 aromatic heterocycles. The van der Waals surface area contributed by atoms with Crippen molar-refractivity contribution in [1.29, 1.82) is 0 Å². The molecule has 1 nitrogen and oxygen atoms in total. The van der Waals surface area contributed by atoms with Gasteiger partial charge in [-0.2, -0.15) is 0 Å². The highest BCUT2D eigenvalue weighted by atomic mass is 79.9. The normalized spacial score (nSPS) is 12.6. The molecule has 0 spiro atoms. The summed E-state index contributed by atoms with van der Waals surface area (Å²) in [7, 11) is 0. The van der Waals surface area contributed by atoms with E-state index in [1.807, 2.05) is 0 Å². The third-order valence-corrected chi connectivity index (χ3v) is 4.56. The molecule has 120 valence electrons. The fraction of sp³-hybridized carbons (Fsp3) is 0.647. The number of halogens is 3. The zero-order chi connectivity index (χ0) is 15.7. The third kappa shape index (κ3) is 6.43. The lowest BCUT2D eigenvalue weighted by molar-refractivity contribution is 0.162. The van der Waals surface area contributed by atoms with Crippen molar-refractivity contribution in [2.45, 2.75) is 70.8 Å². The minimum absolute atomic E-state index is 0.0366. The summed E-state index contributed by atoms with van der Waals surface area (Å²) in [6, 6.07) is 2.50. The molecule has 0 saturated heterocycles. The molecule has 21 heavy (non-hydrogen) atoms. The van der Waals surface area contributed by atoms with Crippen LogP contribution in [0, 0.1) is 11.6 Å². The van der Waals surface area contributed by atoms with Gasteiger partial charge in [0.15, 0.2) is 11.6 Å². The summed E-state index contributed by atoms with van der Waals surface area (Å²) < 4.78 is 26.5. The Balaban J connectivity index is 2.25. The quantitative estimate of drug-likeness (QED) is 0.382. The number of aliphatic hydroxyl groups excluding tert-OH is 1. The van der Waals surface area contributed by atoms with Gasteiger partial charge in [-0.25, -0.2) is 8.78 Å². The van der Waals surface area contributed by atoms with Crippen LogP contribution in [0.15, 0.2) is 16.6 Å². The van der Waals surface area contributed by atoms with Crippen LogP contribution in [-0.2, 0) is 0 Å². The van der Waals surface area contributed by atoms with Crippen molar-refractivity contribution in [1.82, 2.24) is 0 Å². The van der Waals surface area contributed by atoms with Gasteiger partial charge < -0.3 is 5.11 Å². The van der Waals surface area contributed by atoms with Gasteiger partial charge in [0, 0.05) is 0 Å². The van der Waals surface area contributed by atoms with E-state index < -0.39 is 17.7 Å². The minimum Gasteiger partial charge on any atom is -0.388 e. The van der Waals surface area contributed by atoms with Crippen molar-refractivity contribution in [2.75, 3.05) is 0 Å². The summed E-state index contributed by atoms with van der Waals surface area (Å²) in [5, 5.41) is 10.1. The monoisotopic (exact) mass is 362 g/mol. The van der Waals surface area contributed by atoms with Crippen LogP contribution in [0.4, 0.5) is 8.78 Å². The van der Waals surface area contributed by atoms with Gasteiger partial charge in [0.1, 0.15) is 0 Å². The van der Waals surface area contributed by atoms with E-state index in [0.717, 1.165) is 18.9 Å². The Morgan fingerprint density at radius 3 is 2.19 bits per heavy atom. The van der Waals surface area contributed by atoms with E-state index in [2.05, 4.69) is 22.9 Å². The maximum absolute atomic E-state index is 13.4. The number of hydrogen-bond donors (Lipinski definition) is 1. The summed E-state index contributed by atoms with van der Waals surface area (Å²) in [5.41, 5.74) is 0.428. The van der Waals surface area contributed by atoms with E-state index in [9.17, 15) is 13.9 Å². The smallest absolute Gasteiger partial charge is 0.173 e. The van der Waals surface area contributed by atoms with Gasteiger partial charge in [0.25, 0.3) is 0 Å². The molecule has 1 atom stereocenters. The molecular formula is C17H25BrF2O. The first-order valence-electron chi connectivity index (χ1n) is 7.89. The van der Waals surface area contributed by atoms with Crippen LogP contribution in [0.25, 0.3) is 0 Å². The van der Waals surface area contributed by atoms with E-state index in [1.54, 1.807) is 0 Å². The Labute approximate surface area is 134 Å². The van der Waals surface area contributed by atoms with Crippen LogP contribution in [0.3, 0.4) is 0 Å². The highest BCUT2D eigenvalue weighted by molar-refractivity contribution is 9.10. The molecule has 0 amide bonds. The maximum atomic E-state index is 13.4. The first-order valence-corrected chi connectivity index (χ1v) is 8.68. The second-order valence-corrected chi connectivity index (χ2v) is 6.34. The lowest BCUT2D eigenvalue weighted by atomic mass is 10.0. The molecule has 4 heteroatoms. The van der Waals surface area contributed by atoms with Crippen molar-refractivity contribution in [2.24, 2.45) is 0 Å². The molecule has 0 aliphatic rings. The summed E-state index contributed by atoms with van der Waals surface area (Å²) in [4.78, 5) is 0. The van der Waals surface area contributed by atoms with Crippen LogP contribution >= 0.6 is 15.9 Å². The van der Waals surface area contributed by atoms with Gasteiger partial charge in [-0.1, -0.05) is 64.4 Å². The molecule has 0 radical (unpaired) electrons. The molecule has 0 fully saturated rings. The molecule has 1 unspecified atom stereocenters. The molecule has 1 rings (SSSR count). The van der Waals surface area contributed by atoms with E-state index in [0.29, 0.717) is 12.0 Å². The molecule has 0 saturated carbocycles. The zero-order valence-corrected chi connectivity index (χ0v) is 14.3. The van der Waals surface area contributed by atoms with Crippen molar-refractivity contribution >= 4 is 15.9 Å². The molecule has 0 bridgehead atoms. The second kappa shape index (κ2) is 10.3. The van der Waals surface area contributed by atoms with Gasteiger partial charge in [-0.05, 0) is 34.0 Å². The van der Waals surface area contributed by atoms with Crippen LogP contribution in [0.1, 0.15) is 76.4 Å². The molecule has 0 aliphatic heterocycles. The molecule has 0 heterocycles. The second-order valence-electron chi connectivity index (χ2n) is 5.54. The Bertz CT molecular complexity index is 423. The summed E-state index contributed by atoms with van der Waals surface area (Å²) >= 11 is 3.01. The fourth-order valence-electron chi connectivity index (χ4n) is 2.43. The van der Waals surface area contributed by atoms with E-state index >= 15 is 0 Å². The predicted octanol–water partition coefficient (Wildman–Crippen LogP) is 6.29. The molecule has 1 aromatic carbocycles. The summed E-state index contributed by atoms with van der Waals surface area (Å²) in [6.45, 7) is 2.21. The lowest BCUT2D eigenvalue weighted by Gasteiger charge is -2.13. The summed E-state index contributed by atoms with van der Waals surface area (Å²) in [6.07, 6.45) is 9.39. The Kier molecular flexibility index (Phi) is 9.09. The third-order valence-electron chi connectivity index (χ3n) is 3.76. The van der Waals surface area contributed by atoms with Gasteiger partial charge in [0.05, 0.1) is 10.6 Å². The largest absolute Gasteiger partial charge is 0.388 e. The first kappa shape index (κ1) is 18.6. The van der Waals surface area contributed by atoms with Gasteiger partial charge in [-0.3, -0.25) is 0 Å². The summed E-state index contributed by atoms with van der Waals surface area (Å²) in [5.74, 6) is -1.83. The van der Waals surface area contributed by atoms with Crippen molar-refractivity contribution in [3.8, 4) is 0 Å². The Morgan fingerprint density at radius 2 is 1.57 bits per heavy atom. The number of hydrogen-bond acceptors (Lipinski definition) is 1. The SMILES string of the molecule is CCCCCCCCCCC(O)c1ccc(F)c(F)c1Br. The minimum atomic E-state index is -0.928. The number of unbranched alkanes of at least 4 members (excludes halogenated alkanes) is 7. The number of aliphatic hydroxyl groups is 1. The molecule has 0 aliphatic carbocycles. The first-order chi connectivity index (χ1) is 10.1. The topological polar surface area (TPSA) is 20.2 Å². The lowest BCUT2D eigenvalue weighted by Crippen LogP contribution is -2.01. The highest BCUT2D eigenvalue weighted by Gasteiger charge is 2.16. The van der Waals surface area contributed by atoms with Crippen molar-refractivity contribution in [3.05, 3.63) is 33.8 Å². The number of rotatable bonds is 10. The maximum Gasteiger partial charge on any atom is 0.173 e. The molecule has 1 aromatic rings. The van der Waals surface area contributed by atoms with Gasteiger partial charge in [-0.15, -0.1) is 0 Å². The van der Waals surface area contributed by atoms with Crippen molar-refractivity contribution in [3.63, 3.8) is 0 Å². The average molecular weight is 363 g/mol. The molecule has 1 N–H and O–H groups in total. The van der Waals surface area contributed by atoms with Crippen LogP contribution in [-0.4, -0.2) is 5.11 Å². The Hall–Kier alpha value is -0.480. The van der Waals surface area contributed by atoms with E-state index in [1.165, 1.54) is 44.6 Å². The average Bonchev–Trinajstić information content (AvgIpc) is 2.47. The van der Waals surface area contributed by atoms with Gasteiger partial charge >= 0.3 is 0 Å². The predicted molar refractivity (Wildman–Crippen MR) is 86.2 cm³/mol. The zero-order valence-electron chi connectivity index (χ0n) is 12.7. The van der Waals surface area contributed by atoms with Crippen molar-refractivity contribution < 1.29 is 13.9 Å². The fourth-order valence-corrected chi connectivity index (χ4v) is 3.01. The van der Waals surface area contributed by atoms with Crippen LogP contribution < -0.4 is 0 Å². The van der Waals surface area contributed by atoms with E-state index in [4.69, 9.17) is 0 Å². The standard InChI is InChI=1S/C17H25BrF2O/c1-2-3-4-5-6-7-8-9-10-15(21)13-11-12-14(19)17(20)16(13)18/h11-12,15,21H,2-10H2,1H3. The Morgan fingerprint density at radius 1 is 1.00 bits per heavy atom. The van der Waals surface area contributed by atoms with E-state index in [-0.39, 0.29) is 4.47 Å². The number of benzene rings is 1. The highest BCUT2D eigenvalue weighted by Crippen LogP contribution is 2.30. The van der Waals surface area contributed by atoms with Crippen LogP contribution in [0.2, 0.25) is 0 Å².